The molecular formula is H5KO12S3. The summed E-state index contributed by atoms with van der Waals surface area (Å²) in [6.45, 7) is 0. The van der Waals surface area contributed by atoms with Gasteiger partial charge in [0.1, 0.15) is 0 Å². The van der Waals surface area contributed by atoms with Crippen LogP contribution in [0.4, 0.5) is 0 Å². The fourth-order valence-electron chi connectivity index (χ4n) is 0.105. The molecule has 0 fully saturated rings. The fourth-order valence-corrected chi connectivity index (χ4v) is 0.948. The first kappa shape index (κ1) is 25.9. The molecule has 0 aliphatic rings. The van der Waals surface area contributed by atoms with E-state index < -0.39 is 31.2 Å². The molecule has 0 aliphatic carbocycles. The molecule has 0 aromatic rings. The van der Waals surface area contributed by atoms with E-state index in [1.54, 1.807) is 0 Å². The molecule has 16 heavy (non-hydrogen) atoms. The van der Waals surface area contributed by atoms with Crippen LogP contribution in [0.1, 0.15) is 0 Å². The third-order valence-corrected chi connectivity index (χ3v) is 1.52. The van der Waals surface area contributed by atoms with E-state index >= 15 is 0 Å². The first-order valence-corrected chi connectivity index (χ1v) is 6.14. The van der Waals surface area contributed by atoms with E-state index in [2.05, 4.69) is 3.63 Å². The van der Waals surface area contributed by atoms with Gasteiger partial charge < -0.3 is 10.0 Å². The van der Waals surface area contributed by atoms with Gasteiger partial charge in [-0.05, 0) is 0 Å². The Labute approximate surface area is 133 Å². The minimum atomic E-state index is -5.37. The average molecular weight is 332 g/mol. The van der Waals surface area contributed by atoms with Crippen LogP contribution in [-0.2, 0) is 34.8 Å². The van der Waals surface area contributed by atoms with Crippen molar-refractivity contribution < 1.29 is 104 Å². The van der Waals surface area contributed by atoms with E-state index in [1.165, 1.54) is 0 Å². The second kappa shape index (κ2) is 9.21. The van der Waals surface area contributed by atoms with Crippen LogP contribution in [0.25, 0.3) is 0 Å². The third kappa shape index (κ3) is 58.9. The number of hydrogen-bond acceptors (Lipinski definition) is 8. The maximum absolute atomic E-state index is 9.40. The Kier molecular flexibility index (Phi) is 14.9. The molecule has 0 aromatic heterocycles. The molecule has 96 valence electrons. The Morgan fingerprint density at radius 3 is 1.06 bits per heavy atom. The van der Waals surface area contributed by atoms with Gasteiger partial charge in [0.25, 0.3) is 0 Å². The number of rotatable bonds is 2. The van der Waals surface area contributed by atoms with Crippen LogP contribution in [0, 0.1) is 0 Å². The Hall–Kier alpha value is 1.25. The molecule has 0 aromatic carbocycles. The van der Waals surface area contributed by atoms with Crippen molar-refractivity contribution in [2.75, 3.05) is 0 Å². The van der Waals surface area contributed by atoms with Gasteiger partial charge in [-0.15, -0.1) is 3.63 Å². The van der Waals surface area contributed by atoms with E-state index in [0.717, 1.165) is 0 Å². The molecule has 5 N–H and O–H groups in total. The summed E-state index contributed by atoms with van der Waals surface area (Å²) in [5.41, 5.74) is 0. The fraction of sp³-hybridized carbons (Fsp3) is 0. The van der Waals surface area contributed by atoms with Crippen molar-refractivity contribution in [2.24, 2.45) is 0 Å². The summed E-state index contributed by atoms with van der Waals surface area (Å²) in [7, 11) is -15.2. The summed E-state index contributed by atoms with van der Waals surface area (Å²) >= 11 is 0. The van der Waals surface area contributed by atoms with E-state index in [-0.39, 0.29) is 56.9 Å². The van der Waals surface area contributed by atoms with Crippen LogP contribution < -0.4 is 51.4 Å². The summed E-state index contributed by atoms with van der Waals surface area (Å²) in [5, 5.41) is 0. The maximum Gasteiger partial charge on any atom is 1.00 e. The summed E-state index contributed by atoms with van der Waals surface area (Å²) in [4.78, 5) is 0. The Balaban J connectivity index is -0.0000000904. The molecule has 0 saturated carbocycles. The third-order valence-electron chi connectivity index (χ3n) is 0.169. The van der Waals surface area contributed by atoms with E-state index in [1.807, 2.05) is 0 Å². The van der Waals surface area contributed by atoms with Crippen molar-refractivity contribution >= 4 is 31.2 Å². The van der Waals surface area contributed by atoms with Crippen LogP contribution >= 0.6 is 0 Å². The normalized spacial score (nSPS) is 11.2. The molecule has 0 radical (unpaired) electrons. The van der Waals surface area contributed by atoms with E-state index in [4.69, 9.17) is 22.1 Å². The Morgan fingerprint density at radius 2 is 1.06 bits per heavy atom. The summed E-state index contributed by atoms with van der Waals surface area (Å²) < 4.78 is 88.5. The smallest absolute Gasteiger partial charge is 0.725 e. The molecule has 16 heteroatoms. The van der Waals surface area contributed by atoms with Gasteiger partial charge in [0, 0.05) is 0 Å². The van der Waals surface area contributed by atoms with Crippen molar-refractivity contribution in [2.45, 2.75) is 0 Å². The van der Waals surface area contributed by atoms with Crippen LogP contribution in [0.5, 0.6) is 0 Å². The zero-order chi connectivity index (χ0) is 12.2. The van der Waals surface area contributed by atoms with Crippen LogP contribution in [0.15, 0.2) is 0 Å². The quantitative estimate of drug-likeness (QED) is 0.244. The molecule has 0 heterocycles. The van der Waals surface area contributed by atoms with Crippen molar-refractivity contribution in [3.05, 3.63) is 0 Å². The van der Waals surface area contributed by atoms with E-state index in [9.17, 15) is 21.4 Å². The van der Waals surface area contributed by atoms with Gasteiger partial charge in [-0.3, -0.25) is 13.7 Å². The van der Waals surface area contributed by atoms with Crippen molar-refractivity contribution in [3.8, 4) is 0 Å². The second-order valence-corrected chi connectivity index (χ2v) is 4.46. The Bertz CT molecular complexity index is 408. The second-order valence-electron chi connectivity index (χ2n) is 1.35. The number of hydrogen-bond donors (Lipinski definition) is 3. The van der Waals surface area contributed by atoms with Gasteiger partial charge in [-0.2, -0.15) is 16.8 Å². The van der Waals surface area contributed by atoms with Crippen LogP contribution in [0.3, 0.4) is 0 Å². The summed E-state index contributed by atoms with van der Waals surface area (Å²) in [6.07, 6.45) is 0. The first-order chi connectivity index (χ1) is 5.71. The van der Waals surface area contributed by atoms with Gasteiger partial charge >= 0.3 is 72.2 Å². The zero-order valence-corrected chi connectivity index (χ0v) is 12.9. The molecule has 0 amide bonds. The minimum absolute atomic E-state index is 0. The predicted molar refractivity (Wildman–Crippen MR) is 40.1 cm³/mol. The monoisotopic (exact) mass is 332 g/mol. The van der Waals surface area contributed by atoms with Gasteiger partial charge in [0.05, 0.1) is 0 Å². The zero-order valence-electron chi connectivity index (χ0n) is 7.33. The largest absolute Gasteiger partial charge is 1.00 e. The standard InChI is InChI=1S/K.H2O7S2.H2O4S.H2O/c;1-8(2,3)7-9(4,5)6;1-5(2,3)4;/h;(H,1,2,3)(H,4,5,6);(H2,1,2,3,4);1H2/q+1;;;/p-1. The SMILES string of the molecule is O.O=S(=O)(O)O.O=S(=O)([O-])OS(=O)(=O)O.[K+]. The van der Waals surface area contributed by atoms with Gasteiger partial charge in [-0.1, -0.05) is 0 Å². The molecule has 0 bridgehead atoms. The molecule has 0 spiro atoms. The van der Waals surface area contributed by atoms with Crippen LogP contribution in [-0.4, -0.2) is 48.9 Å². The van der Waals surface area contributed by atoms with Crippen molar-refractivity contribution in [1.82, 2.24) is 0 Å². The predicted octanol–water partition coefficient (Wildman–Crippen LogP) is -6.21. The average Bonchev–Trinajstić information content (AvgIpc) is 1.42. The molecule has 0 rings (SSSR count). The first-order valence-electron chi connectivity index (χ1n) is 2.05. The van der Waals surface area contributed by atoms with Gasteiger partial charge in [0.2, 0.25) is 10.4 Å². The summed E-state index contributed by atoms with van der Waals surface area (Å²) in [5.74, 6) is 0. The van der Waals surface area contributed by atoms with E-state index in [0.29, 0.717) is 0 Å². The van der Waals surface area contributed by atoms with Gasteiger partial charge in [0.15, 0.2) is 0 Å². The molecule has 0 saturated heterocycles. The molecule has 12 nitrogen and oxygen atoms in total. The summed E-state index contributed by atoms with van der Waals surface area (Å²) in [6, 6.07) is 0. The molecule has 0 aliphatic heterocycles. The topological polar surface area (TPSA) is 227 Å². The molecule has 0 unspecified atom stereocenters. The van der Waals surface area contributed by atoms with Crippen LogP contribution in [0.2, 0.25) is 0 Å². The Morgan fingerprint density at radius 1 is 0.875 bits per heavy atom. The minimum Gasteiger partial charge on any atom is -0.725 e. The van der Waals surface area contributed by atoms with Crippen molar-refractivity contribution in [1.29, 1.82) is 0 Å². The maximum atomic E-state index is 9.40. The molecule has 0 atom stereocenters. The van der Waals surface area contributed by atoms with Crippen molar-refractivity contribution in [3.63, 3.8) is 0 Å². The molecular weight excluding hydrogens is 327 g/mol. The van der Waals surface area contributed by atoms with Gasteiger partial charge in [-0.25, -0.2) is 8.42 Å².